The highest BCUT2D eigenvalue weighted by Gasteiger charge is 2.28. The molecule has 2 heterocycles. The van der Waals surface area contributed by atoms with Crippen molar-refractivity contribution in [2.45, 2.75) is 12.6 Å². The van der Waals surface area contributed by atoms with Gasteiger partial charge in [-0.3, -0.25) is 9.59 Å². The van der Waals surface area contributed by atoms with Gasteiger partial charge in [0.05, 0.1) is 12.2 Å². The van der Waals surface area contributed by atoms with Crippen molar-refractivity contribution in [3.8, 4) is 0 Å². The van der Waals surface area contributed by atoms with Gasteiger partial charge in [0.25, 0.3) is 5.91 Å². The van der Waals surface area contributed by atoms with E-state index in [2.05, 4.69) is 5.32 Å². The van der Waals surface area contributed by atoms with Crippen LogP contribution in [0.4, 0.5) is 0 Å². The van der Waals surface area contributed by atoms with Crippen LogP contribution >= 0.6 is 0 Å². The summed E-state index contributed by atoms with van der Waals surface area (Å²) in [5, 5.41) is 3.94. The molecule has 0 aliphatic carbocycles. The predicted octanol–water partition coefficient (Wildman–Crippen LogP) is 0.187. The third-order valence-corrected chi connectivity index (χ3v) is 4.36. The van der Waals surface area contributed by atoms with Crippen molar-refractivity contribution in [3.05, 3.63) is 36.0 Å². The molecule has 1 saturated heterocycles. The topological polar surface area (TPSA) is 89.6 Å². The van der Waals surface area contributed by atoms with Gasteiger partial charge in [0.15, 0.2) is 0 Å². The van der Waals surface area contributed by atoms with Crippen molar-refractivity contribution in [3.63, 3.8) is 0 Å². The van der Waals surface area contributed by atoms with Crippen LogP contribution in [-0.4, -0.2) is 60.7 Å². The Kier molecular flexibility index (Phi) is 4.82. The quantitative estimate of drug-likeness (QED) is 0.819. The van der Waals surface area contributed by atoms with Crippen LogP contribution in [0, 0.1) is 0 Å². The van der Waals surface area contributed by atoms with E-state index in [1.807, 2.05) is 35.0 Å². The molecule has 2 amide bonds. The third-order valence-electron chi connectivity index (χ3n) is 4.36. The first-order valence-corrected chi connectivity index (χ1v) is 8.00. The third kappa shape index (κ3) is 3.13. The number of methoxy groups -OCH3 is 1. The minimum Gasteiger partial charge on any atom is -0.383 e. The summed E-state index contributed by atoms with van der Waals surface area (Å²) in [6.07, 6.45) is 1.87. The number of fused-ring (bicyclic) bond motifs is 1. The lowest BCUT2D eigenvalue weighted by Crippen LogP contribution is -2.57. The standard InChI is InChI=1S/C17H22N4O3/c1-24-9-8-20-10-13(12-4-2-3-5-15(12)20)17(23)21-7-6-19-14(11-21)16(18)22/h2-5,10,14,19H,6-9,11H2,1H3,(H2,18,22). The first-order chi connectivity index (χ1) is 11.6. The summed E-state index contributed by atoms with van der Waals surface area (Å²) >= 11 is 0. The molecule has 0 radical (unpaired) electrons. The van der Waals surface area contributed by atoms with Gasteiger partial charge in [-0.2, -0.15) is 0 Å². The molecule has 24 heavy (non-hydrogen) atoms. The Bertz CT molecular complexity index is 755. The van der Waals surface area contributed by atoms with Gasteiger partial charge in [-0.05, 0) is 6.07 Å². The Morgan fingerprint density at radius 1 is 1.38 bits per heavy atom. The van der Waals surface area contributed by atoms with Gasteiger partial charge in [0.1, 0.15) is 6.04 Å². The molecule has 1 unspecified atom stereocenters. The van der Waals surface area contributed by atoms with E-state index in [0.717, 1.165) is 10.9 Å². The number of nitrogens with zero attached hydrogens (tertiary/aromatic N) is 2. The zero-order valence-electron chi connectivity index (χ0n) is 13.7. The van der Waals surface area contributed by atoms with Crippen molar-refractivity contribution in [1.29, 1.82) is 0 Å². The van der Waals surface area contributed by atoms with Crippen LogP contribution in [0.5, 0.6) is 0 Å². The molecule has 3 rings (SSSR count). The van der Waals surface area contributed by atoms with E-state index in [0.29, 0.717) is 38.3 Å². The Morgan fingerprint density at radius 3 is 2.92 bits per heavy atom. The highest BCUT2D eigenvalue weighted by Crippen LogP contribution is 2.23. The van der Waals surface area contributed by atoms with E-state index >= 15 is 0 Å². The fourth-order valence-corrected chi connectivity index (χ4v) is 3.09. The molecule has 3 N–H and O–H groups in total. The van der Waals surface area contributed by atoms with Gasteiger partial charge < -0.3 is 25.3 Å². The lowest BCUT2D eigenvalue weighted by molar-refractivity contribution is -0.120. The molecule has 1 aromatic carbocycles. The van der Waals surface area contributed by atoms with Crippen molar-refractivity contribution in [2.75, 3.05) is 33.4 Å². The van der Waals surface area contributed by atoms with Crippen molar-refractivity contribution >= 4 is 22.7 Å². The second-order valence-corrected chi connectivity index (χ2v) is 5.91. The van der Waals surface area contributed by atoms with E-state index in [-0.39, 0.29) is 5.91 Å². The molecule has 1 aliphatic rings. The van der Waals surface area contributed by atoms with Crippen LogP contribution < -0.4 is 11.1 Å². The Hall–Kier alpha value is -2.38. The van der Waals surface area contributed by atoms with E-state index in [1.54, 1.807) is 12.0 Å². The Labute approximate surface area is 140 Å². The minimum atomic E-state index is -0.496. The van der Waals surface area contributed by atoms with Gasteiger partial charge in [-0.1, -0.05) is 18.2 Å². The lowest BCUT2D eigenvalue weighted by Gasteiger charge is -2.32. The molecule has 1 aromatic heterocycles. The lowest BCUT2D eigenvalue weighted by atomic mass is 10.1. The van der Waals surface area contributed by atoms with E-state index in [4.69, 9.17) is 10.5 Å². The zero-order chi connectivity index (χ0) is 17.1. The summed E-state index contributed by atoms with van der Waals surface area (Å²) in [6.45, 7) is 2.66. The molecule has 0 spiro atoms. The Balaban J connectivity index is 1.90. The summed E-state index contributed by atoms with van der Waals surface area (Å²) < 4.78 is 7.17. The number of rotatable bonds is 5. The molecular weight excluding hydrogens is 308 g/mol. The second-order valence-electron chi connectivity index (χ2n) is 5.91. The molecule has 128 valence electrons. The number of nitrogens with one attached hydrogen (secondary N) is 1. The maximum Gasteiger partial charge on any atom is 0.256 e. The Morgan fingerprint density at radius 2 is 2.17 bits per heavy atom. The number of nitrogens with two attached hydrogens (primary N) is 1. The molecule has 0 bridgehead atoms. The van der Waals surface area contributed by atoms with E-state index in [9.17, 15) is 9.59 Å². The number of hydrogen-bond donors (Lipinski definition) is 2. The van der Waals surface area contributed by atoms with Gasteiger partial charge >= 0.3 is 0 Å². The van der Waals surface area contributed by atoms with Crippen LogP contribution in [0.3, 0.4) is 0 Å². The van der Waals surface area contributed by atoms with E-state index in [1.165, 1.54) is 0 Å². The van der Waals surface area contributed by atoms with Gasteiger partial charge in [-0.25, -0.2) is 0 Å². The highest BCUT2D eigenvalue weighted by molar-refractivity contribution is 6.07. The van der Waals surface area contributed by atoms with Crippen molar-refractivity contribution in [1.82, 2.24) is 14.8 Å². The minimum absolute atomic E-state index is 0.0740. The number of carbonyl (C=O) groups excluding carboxylic acids is 2. The number of para-hydroxylation sites is 1. The van der Waals surface area contributed by atoms with E-state index < -0.39 is 11.9 Å². The summed E-state index contributed by atoms with van der Waals surface area (Å²) in [6, 6.07) is 7.31. The number of amides is 2. The number of primary amides is 1. The number of aromatic nitrogens is 1. The predicted molar refractivity (Wildman–Crippen MR) is 90.7 cm³/mol. The summed E-state index contributed by atoms with van der Waals surface area (Å²) in [5.74, 6) is -0.509. The number of ether oxygens (including phenoxy) is 1. The van der Waals surface area contributed by atoms with Gasteiger partial charge in [0.2, 0.25) is 5.91 Å². The number of hydrogen-bond acceptors (Lipinski definition) is 4. The maximum absolute atomic E-state index is 13.0. The molecule has 7 nitrogen and oxygen atoms in total. The summed E-state index contributed by atoms with van der Waals surface area (Å²) in [7, 11) is 1.66. The number of benzene rings is 1. The normalized spacial score (nSPS) is 18.0. The molecule has 0 saturated carbocycles. The second kappa shape index (κ2) is 7.02. The number of piperazine rings is 1. The van der Waals surface area contributed by atoms with Crippen LogP contribution in [0.2, 0.25) is 0 Å². The molecule has 1 aliphatic heterocycles. The largest absolute Gasteiger partial charge is 0.383 e. The van der Waals surface area contributed by atoms with Crippen LogP contribution in [-0.2, 0) is 16.1 Å². The highest BCUT2D eigenvalue weighted by atomic mass is 16.5. The van der Waals surface area contributed by atoms with Crippen molar-refractivity contribution < 1.29 is 14.3 Å². The van der Waals surface area contributed by atoms with Gasteiger partial charge in [0, 0.05) is 50.4 Å². The first-order valence-electron chi connectivity index (χ1n) is 8.00. The SMILES string of the molecule is COCCn1cc(C(=O)N2CCNC(C(N)=O)C2)c2ccccc21. The summed E-state index contributed by atoms with van der Waals surface area (Å²) in [5.41, 5.74) is 7.01. The summed E-state index contributed by atoms with van der Waals surface area (Å²) in [4.78, 5) is 26.1. The average Bonchev–Trinajstić information content (AvgIpc) is 2.98. The van der Waals surface area contributed by atoms with Gasteiger partial charge in [-0.15, -0.1) is 0 Å². The van der Waals surface area contributed by atoms with Crippen molar-refractivity contribution in [2.24, 2.45) is 5.73 Å². The molecular formula is C17H22N4O3. The van der Waals surface area contributed by atoms with Crippen LogP contribution in [0.25, 0.3) is 10.9 Å². The average molecular weight is 330 g/mol. The molecule has 2 aromatic rings. The fraction of sp³-hybridized carbons (Fsp3) is 0.412. The molecule has 1 fully saturated rings. The monoisotopic (exact) mass is 330 g/mol. The first kappa shape index (κ1) is 16.5. The number of carbonyl (C=O) groups is 2. The zero-order valence-corrected chi connectivity index (χ0v) is 13.7. The van der Waals surface area contributed by atoms with Crippen LogP contribution in [0.15, 0.2) is 30.5 Å². The van der Waals surface area contributed by atoms with Crippen LogP contribution in [0.1, 0.15) is 10.4 Å². The fourth-order valence-electron chi connectivity index (χ4n) is 3.09. The molecule has 1 atom stereocenters. The molecule has 7 heteroatoms. The smallest absolute Gasteiger partial charge is 0.256 e. The maximum atomic E-state index is 13.0.